The van der Waals surface area contributed by atoms with Crippen LogP contribution in [-0.4, -0.2) is 36.0 Å². The molecule has 0 bridgehead atoms. The zero-order valence-corrected chi connectivity index (χ0v) is 17.2. The van der Waals surface area contributed by atoms with Gasteiger partial charge >= 0.3 is 0 Å². The van der Waals surface area contributed by atoms with Crippen molar-refractivity contribution < 1.29 is 0 Å². The fraction of sp³-hybridized carbons (Fsp3) is 0.611. The predicted octanol–water partition coefficient (Wildman–Crippen LogP) is 3.91. The summed E-state index contributed by atoms with van der Waals surface area (Å²) >= 11 is 0. The van der Waals surface area contributed by atoms with Gasteiger partial charge in [0.25, 0.3) is 0 Å². The number of piperidine rings is 1. The van der Waals surface area contributed by atoms with Crippen LogP contribution >= 0.6 is 24.0 Å². The van der Waals surface area contributed by atoms with E-state index in [1.807, 2.05) is 6.07 Å². The third-order valence-corrected chi connectivity index (χ3v) is 4.63. The van der Waals surface area contributed by atoms with Crippen LogP contribution in [0.25, 0.3) is 0 Å². The molecule has 5 heteroatoms. The van der Waals surface area contributed by atoms with Crippen molar-refractivity contribution in [3.05, 3.63) is 29.3 Å². The maximum atomic E-state index is 6.05. The number of nitrogens with two attached hydrogens (primary N) is 1. The van der Waals surface area contributed by atoms with E-state index in [9.17, 15) is 0 Å². The number of likely N-dealkylation sites (tertiary alicyclic amines) is 1. The SMILES string of the molecule is Cc1ccc(NC(N)=NCC(C)(C)N2CCCCC2)cc1C.I. The first kappa shape index (κ1) is 20.2. The van der Waals surface area contributed by atoms with Gasteiger partial charge in [-0.2, -0.15) is 0 Å². The molecule has 0 atom stereocenters. The number of guanidine groups is 1. The van der Waals surface area contributed by atoms with Crippen LogP contribution in [0, 0.1) is 13.8 Å². The average molecular weight is 430 g/mol. The Balaban J connectivity index is 0.00000264. The molecule has 1 aliphatic rings. The van der Waals surface area contributed by atoms with Gasteiger partial charge in [-0.15, -0.1) is 24.0 Å². The van der Waals surface area contributed by atoms with Crippen LogP contribution in [0.15, 0.2) is 23.2 Å². The molecule has 1 aliphatic heterocycles. The zero-order valence-electron chi connectivity index (χ0n) is 14.9. The minimum Gasteiger partial charge on any atom is -0.370 e. The van der Waals surface area contributed by atoms with Gasteiger partial charge in [0.15, 0.2) is 5.96 Å². The summed E-state index contributed by atoms with van der Waals surface area (Å²) < 4.78 is 0. The van der Waals surface area contributed by atoms with Crippen molar-refractivity contribution in [2.45, 2.75) is 52.5 Å². The van der Waals surface area contributed by atoms with Gasteiger partial charge in [0, 0.05) is 11.2 Å². The van der Waals surface area contributed by atoms with Crippen molar-refractivity contribution in [3.8, 4) is 0 Å². The molecule has 0 aromatic heterocycles. The summed E-state index contributed by atoms with van der Waals surface area (Å²) in [6.45, 7) is 11.8. The topological polar surface area (TPSA) is 53.6 Å². The Bertz CT molecular complexity index is 534. The fourth-order valence-corrected chi connectivity index (χ4v) is 2.88. The lowest BCUT2D eigenvalue weighted by Gasteiger charge is -2.40. The first-order valence-corrected chi connectivity index (χ1v) is 8.28. The van der Waals surface area contributed by atoms with E-state index in [1.165, 1.54) is 43.5 Å². The Morgan fingerprint density at radius 2 is 1.83 bits per heavy atom. The van der Waals surface area contributed by atoms with Crippen LogP contribution in [0.2, 0.25) is 0 Å². The van der Waals surface area contributed by atoms with Crippen molar-refractivity contribution in [1.29, 1.82) is 0 Å². The van der Waals surface area contributed by atoms with Gasteiger partial charge in [-0.25, -0.2) is 0 Å². The van der Waals surface area contributed by atoms with E-state index >= 15 is 0 Å². The molecule has 0 aliphatic carbocycles. The van der Waals surface area contributed by atoms with Crippen molar-refractivity contribution in [1.82, 2.24) is 4.90 Å². The number of nitrogens with one attached hydrogen (secondary N) is 1. The van der Waals surface area contributed by atoms with E-state index in [0.717, 1.165) is 12.2 Å². The van der Waals surface area contributed by atoms with Crippen molar-refractivity contribution in [3.63, 3.8) is 0 Å². The van der Waals surface area contributed by atoms with Crippen molar-refractivity contribution in [2.75, 3.05) is 25.0 Å². The summed E-state index contributed by atoms with van der Waals surface area (Å²) in [7, 11) is 0. The second-order valence-electron chi connectivity index (χ2n) is 6.99. The van der Waals surface area contributed by atoms with Gasteiger partial charge in [-0.05, 0) is 76.9 Å². The molecule has 0 amide bonds. The molecule has 0 radical (unpaired) electrons. The van der Waals surface area contributed by atoms with Crippen LogP contribution in [-0.2, 0) is 0 Å². The van der Waals surface area contributed by atoms with Gasteiger partial charge in [-0.3, -0.25) is 9.89 Å². The first-order chi connectivity index (χ1) is 10.4. The monoisotopic (exact) mass is 430 g/mol. The number of nitrogens with zero attached hydrogens (tertiary/aromatic N) is 2. The molecule has 0 unspecified atom stereocenters. The molecule has 4 nitrogen and oxygen atoms in total. The van der Waals surface area contributed by atoms with Crippen molar-refractivity contribution in [2.24, 2.45) is 10.7 Å². The number of aryl methyl sites for hydroxylation is 2. The average Bonchev–Trinajstić information content (AvgIpc) is 2.50. The number of anilines is 1. The maximum absolute atomic E-state index is 6.05. The summed E-state index contributed by atoms with van der Waals surface area (Å²) in [5, 5.41) is 3.19. The van der Waals surface area contributed by atoms with E-state index in [0.29, 0.717) is 5.96 Å². The van der Waals surface area contributed by atoms with Crippen LogP contribution < -0.4 is 11.1 Å². The number of halogens is 1. The Morgan fingerprint density at radius 1 is 1.17 bits per heavy atom. The van der Waals surface area contributed by atoms with Gasteiger partial charge in [0.1, 0.15) is 0 Å². The highest BCUT2D eigenvalue weighted by molar-refractivity contribution is 14.0. The fourth-order valence-electron chi connectivity index (χ4n) is 2.88. The van der Waals surface area contributed by atoms with E-state index in [1.54, 1.807) is 0 Å². The molecule has 2 rings (SSSR count). The summed E-state index contributed by atoms with van der Waals surface area (Å²) in [6, 6.07) is 6.25. The van der Waals surface area contributed by atoms with Gasteiger partial charge in [-0.1, -0.05) is 12.5 Å². The molecule has 1 aromatic carbocycles. The molecule has 23 heavy (non-hydrogen) atoms. The summed E-state index contributed by atoms with van der Waals surface area (Å²) in [6.07, 6.45) is 3.94. The molecular weight excluding hydrogens is 399 g/mol. The molecule has 130 valence electrons. The Hall–Kier alpha value is -0.820. The first-order valence-electron chi connectivity index (χ1n) is 8.28. The molecule has 0 saturated carbocycles. The Labute approximate surface area is 157 Å². The third-order valence-electron chi connectivity index (χ3n) is 4.63. The van der Waals surface area contributed by atoms with Crippen molar-refractivity contribution >= 4 is 35.6 Å². The normalized spacial score (nSPS) is 16.8. The van der Waals surface area contributed by atoms with Gasteiger partial charge < -0.3 is 11.1 Å². The zero-order chi connectivity index (χ0) is 16.2. The Kier molecular flexibility index (Phi) is 7.80. The molecule has 3 N–H and O–H groups in total. The highest BCUT2D eigenvalue weighted by Crippen LogP contribution is 2.21. The number of hydrogen-bond acceptors (Lipinski definition) is 2. The summed E-state index contributed by atoms with van der Waals surface area (Å²) in [4.78, 5) is 7.09. The highest BCUT2D eigenvalue weighted by atomic mass is 127. The van der Waals surface area contributed by atoms with E-state index in [2.05, 4.69) is 55.0 Å². The molecule has 0 spiro atoms. The minimum atomic E-state index is 0. The Morgan fingerprint density at radius 3 is 2.43 bits per heavy atom. The molecule has 1 heterocycles. The molecular formula is C18H31IN4. The third kappa shape index (κ3) is 5.95. The van der Waals surface area contributed by atoms with Crippen LogP contribution in [0.5, 0.6) is 0 Å². The lowest BCUT2D eigenvalue weighted by Crippen LogP contribution is -2.49. The lowest BCUT2D eigenvalue weighted by atomic mass is 9.99. The number of rotatable bonds is 4. The smallest absolute Gasteiger partial charge is 0.193 e. The number of benzene rings is 1. The van der Waals surface area contributed by atoms with Crippen LogP contribution in [0.1, 0.15) is 44.2 Å². The maximum Gasteiger partial charge on any atom is 0.193 e. The standard InChI is InChI=1S/C18H30N4.HI/c1-14-8-9-16(12-15(14)2)21-17(19)20-13-18(3,4)22-10-6-5-7-11-22;/h8-9,12H,5-7,10-11,13H2,1-4H3,(H3,19,20,21);1H. The number of aliphatic imine (C=N–C) groups is 1. The molecule has 1 saturated heterocycles. The van der Waals surface area contributed by atoms with E-state index in [-0.39, 0.29) is 29.5 Å². The van der Waals surface area contributed by atoms with Crippen LogP contribution in [0.3, 0.4) is 0 Å². The summed E-state index contributed by atoms with van der Waals surface area (Å²) in [5.41, 5.74) is 9.66. The van der Waals surface area contributed by atoms with E-state index < -0.39 is 0 Å². The minimum absolute atomic E-state index is 0. The second-order valence-corrected chi connectivity index (χ2v) is 6.99. The highest BCUT2D eigenvalue weighted by Gasteiger charge is 2.27. The van der Waals surface area contributed by atoms with Crippen LogP contribution in [0.4, 0.5) is 5.69 Å². The molecule has 1 aromatic rings. The van der Waals surface area contributed by atoms with Gasteiger partial charge in [0.05, 0.1) is 6.54 Å². The quantitative estimate of drug-likeness (QED) is 0.433. The lowest BCUT2D eigenvalue weighted by molar-refractivity contribution is 0.102. The van der Waals surface area contributed by atoms with Gasteiger partial charge in [0.2, 0.25) is 0 Å². The largest absolute Gasteiger partial charge is 0.370 e. The second kappa shape index (κ2) is 8.87. The summed E-state index contributed by atoms with van der Waals surface area (Å²) in [5.74, 6) is 0.494. The predicted molar refractivity (Wildman–Crippen MR) is 111 cm³/mol. The number of hydrogen-bond donors (Lipinski definition) is 2. The molecule has 1 fully saturated rings. The van der Waals surface area contributed by atoms with E-state index in [4.69, 9.17) is 5.73 Å².